The third-order valence-corrected chi connectivity index (χ3v) is 4.80. The molecule has 2 aromatic heterocycles. The van der Waals surface area contributed by atoms with Crippen LogP contribution in [-0.2, 0) is 4.79 Å². The average Bonchev–Trinajstić information content (AvgIpc) is 2.80. The van der Waals surface area contributed by atoms with Crippen LogP contribution in [0.15, 0.2) is 94.8 Å². The van der Waals surface area contributed by atoms with E-state index in [2.05, 4.69) is 9.98 Å². The van der Waals surface area contributed by atoms with Crippen LogP contribution in [0.25, 0.3) is 5.65 Å². The summed E-state index contributed by atoms with van der Waals surface area (Å²) in [5.41, 5.74) is 8.00. The Bertz CT molecular complexity index is 1270. The van der Waals surface area contributed by atoms with Crippen molar-refractivity contribution in [2.24, 2.45) is 10.7 Å². The molecule has 2 N–H and O–H groups in total. The van der Waals surface area contributed by atoms with Crippen molar-refractivity contribution in [2.75, 3.05) is 7.11 Å². The van der Waals surface area contributed by atoms with Crippen LogP contribution in [-0.4, -0.2) is 28.1 Å². The number of nitrogens with zero attached hydrogens (tertiary/aromatic N) is 3. The monoisotopic (exact) mass is 412 g/mol. The minimum atomic E-state index is -1.15. The number of nitrogens with two attached hydrogens (primary N) is 1. The molecule has 4 rings (SSSR count). The van der Waals surface area contributed by atoms with Crippen LogP contribution in [0.3, 0.4) is 0 Å². The third-order valence-electron chi connectivity index (χ3n) is 4.80. The van der Waals surface area contributed by atoms with Gasteiger partial charge in [-0.3, -0.25) is 19.0 Å². The molecule has 154 valence electrons. The zero-order valence-corrected chi connectivity index (χ0v) is 16.8. The summed E-state index contributed by atoms with van der Waals surface area (Å²) < 4.78 is 6.67. The molecule has 0 saturated carbocycles. The fraction of sp³-hybridized carbons (Fsp3) is 0.0833. The van der Waals surface area contributed by atoms with Crippen LogP contribution in [0.1, 0.15) is 22.9 Å². The number of primary amides is 1. The van der Waals surface area contributed by atoms with Gasteiger partial charge in [-0.1, -0.05) is 60.7 Å². The van der Waals surface area contributed by atoms with Crippen LogP contribution < -0.4 is 16.0 Å². The maximum atomic E-state index is 12.7. The minimum Gasteiger partial charge on any atom is -0.493 e. The molecule has 0 bridgehead atoms. The lowest BCUT2D eigenvalue weighted by Gasteiger charge is -2.14. The van der Waals surface area contributed by atoms with Crippen LogP contribution in [0.2, 0.25) is 0 Å². The van der Waals surface area contributed by atoms with Crippen LogP contribution in [0, 0.1) is 0 Å². The lowest BCUT2D eigenvalue weighted by molar-refractivity contribution is -0.119. The third kappa shape index (κ3) is 4.06. The van der Waals surface area contributed by atoms with Crippen molar-refractivity contribution in [3.8, 4) is 5.75 Å². The Kier molecular flexibility index (Phi) is 5.57. The summed E-state index contributed by atoms with van der Waals surface area (Å²) in [6.45, 7) is 0. The maximum Gasteiger partial charge on any atom is 0.258 e. The molecule has 0 saturated heterocycles. The molecule has 0 radical (unpaired) electrons. The van der Waals surface area contributed by atoms with Crippen LogP contribution in [0.5, 0.6) is 5.75 Å². The zero-order valence-electron chi connectivity index (χ0n) is 16.8. The smallest absolute Gasteiger partial charge is 0.258 e. The number of aromatic nitrogens is 2. The summed E-state index contributed by atoms with van der Waals surface area (Å²) in [5.74, 6) is -0.310. The lowest BCUT2D eigenvalue weighted by Crippen LogP contribution is -2.25. The van der Waals surface area contributed by atoms with Gasteiger partial charge in [0.2, 0.25) is 5.91 Å². The van der Waals surface area contributed by atoms with Gasteiger partial charge in [-0.15, -0.1) is 0 Å². The zero-order chi connectivity index (χ0) is 21.8. The highest BCUT2D eigenvalue weighted by atomic mass is 16.5. The Hall–Kier alpha value is -4.26. The second-order valence-electron chi connectivity index (χ2n) is 6.80. The summed E-state index contributed by atoms with van der Waals surface area (Å²) >= 11 is 0. The van der Waals surface area contributed by atoms with Gasteiger partial charge in [-0.25, -0.2) is 4.98 Å². The second-order valence-corrected chi connectivity index (χ2v) is 6.80. The molecule has 0 aliphatic rings. The van der Waals surface area contributed by atoms with Crippen molar-refractivity contribution in [3.63, 3.8) is 0 Å². The standard InChI is InChI=1S/C24H20N4O3/c1-31-19-13-8-14-28-20(29)15-18(26-24(19)28)22(23(25)30)27-21(16-9-4-2-5-10-16)17-11-6-3-7-12-17/h2-15,22H,1H3,(H2,25,30). The molecular weight excluding hydrogens is 392 g/mol. The fourth-order valence-electron chi connectivity index (χ4n) is 3.33. The molecule has 2 aromatic carbocycles. The van der Waals surface area contributed by atoms with Gasteiger partial charge in [0.25, 0.3) is 5.56 Å². The highest BCUT2D eigenvalue weighted by molar-refractivity contribution is 6.13. The second kappa shape index (κ2) is 8.62. The first kappa shape index (κ1) is 20.0. The summed E-state index contributed by atoms with van der Waals surface area (Å²) in [6, 6.07) is 22.4. The minimum absolute atomic E-state index is 0.159. The lowest BCUT2D eigenvalue weighted by atomic mass is 10.0. The Morgan fingerprint density at radius 1 is 1.00 bits per heavy atom. The molecular formula is C24H20N4O3. The van der Waals surface area contributed by atoms with Gasteiger partial charge < -0.3 is 10.5 Å². The van der Waals surface area contributed by atoms with Gasteiger partial charge in [-0.2, -0.15) is 0 Å². The van der Waals surface area contributed by atoms with E-state index in [0.29, 0.717) is 11.5 Å². The molecule has 7 heteroatoms. The van der Waals surface area contributed by atoms with Gasteiger partial charge in [0, 0.05) is 23.4 Å². The van der Waals surface area contributed by atoms with E-state index in [0.717, 1.165) is 11.1 Å². The predicted octanol–water partition coefficient (Wildman–Crippen LogP) is 2.77. The average molecular weight is 412 g/mol. The molecule has 4 aromatic rings. The number of hydrogen-bond donors (Lipinski definition) is 1. The predicted molar refractivity (Wildman–Crippen MR) is 118 cm³/mol. The molecule has 0 fully saturated rings. The quantitative estimate of drug-likeness (QED) is 0.492. The van der Waals surface area contributed by atoms with Crippen molar-refractivity contribution < 1.29 is 9.53 Å². The number of rotatable bonds is 6. The Morgan fingerprint density at radius 3 is 2.16 bits per heavy atom. The summed E-state index contributed by atoms with van der Waals surface area (Å²) in [6.07, 6.45) is 1.58. The first-order valence-corrected chi connectivity index (χ1v) is 9.63. The molecule has 1 atom stereocenters. The number of pyridine rings is 1. The van der Waals surface area contributed by atoms with Crippen molar-refractivity contribution >= 4 is 17.3 Å². The first-order valence-electron chi connectivity index (χ1n) is 9.63. The first-order chi connectivity index (χ1) is 15.1. The largest absolute Gasteiger partial charge is 0.493 e. The Balaban J connectivity index is 1.93. The summed E-state index contributed by atoms with van der Waals surface area (Å²) in [4.78, 5) is 34.3. The summed E-state index contributed by atoms with van der Waals surface area (Å²) in [7, 11) is 1.49. The number of carbonyl (C=O) groups excluding carboxylic acids is 1. The van der Waals surface area contributed by atoms with E-state index in [1.165, 1.54) is 17.6 Å². The topological polar surface area (TPSA) is 99.0 Å². The Morgan fingerprint density at radius 2 is 1.61 bits per heavy atom. The number of hydrogen-bond acceptors (Lipinski definition) is 5. The molecule has 2 heterocycles. The number of aliphatic imine (C=N–C) groups is 1. The SMILES string of the molecule is COc1cccn2c(=O)cc(C(N=C(c3ccccc3)c3ccccc3)C(N)=O)nc12. The van der Waals surface area contributed by atoms with Gasteiger partial charge in [0.15, 0.2) is 17.4 Å². The van der Waals surface area contributed by atoms with E-state index < -0.39 is 11.9 Å². The molecule has 31 heavy (non-hydrogen) atoms. The number of fused-ring (bicyclic) bond motifs is 1. The van der Waals surface area contributed by atoms with Gasteiger partial charge in [0.1, 0.15) is 0 Å². The summed E-state index contributed by atoms with van der Waals surface area (Å²) in [5, 5.41) is 0. The number of benzene rings is 2. The molecule has 0 spiro atoms. The van der Waals surface area contributed by atoms with Gasteiger partial charge in [0.05, 0.1) is 18.5 Å². The fourth-order valence-corrected chi connectivity index (χ4v) is 3.33. The van der Waals surface area contributed by atoms with Crippen LogP contribution >= 0.6 is 0 Å². The highest BCUT2D eigenvalue weighted by Crippen LogP contribution is 2.22. The molecule has 0 aliphatic carbocycles. The molecule has 0 aliphatic heterocycles. The molecule has 7 nitrogen and oxygen atoms in total. The van der Waals surface area contributed by atoms with Gasteiger partial charge in [-0.05, 0) is 12.1 Å². The van der Waals surface area contributed by atoms with Crippen molar-refractivity contribution in [1.29, 1.82) is 0 Å². The highest BCUT2D eigenvalue weighted by Gasteiger charge is 2.22. The number of ether oxygens (including phenoxy) is 1. The van der Waals surface area contributed by atoms with E-state index in [1.54, 1.807) is 18.3 Å². The number of amides is 1. The van der Waals surface area contributed by atoms with E-state index in [1.807, 2.05) is 60.7 Å². The normalized spacial score (nSPS) is 11.6. The number of carbonyl (C=O) groups is 1. The van der Waals surface area contributed by atoms with Gasteiger partial charge >= 0.3 is 0 Å². The molecule has 1 unspecified atom stereocenters. The number of methoxy groups -OCH3 is 1. The van der Waals surface area contributed by atoms with Crippen molar-refractivity contribution in [3.05, 3.63) is 112 Å². The van der Waals surface area contributed by atoms with Crippen LogP contribution in [0.4, 0.5) is 0 Å². The van der Waals surface area contributed by atoms with E-state index in [-0.39, 0.29) is 16.9 Å². The van der Waals surface area contributed by atoms with E-state index >= 15 is 0 Å². The van der Waals surface area contributed by atoms with E-state index in [4.69, 9.17) is 10.5 Å². The van der Waals surface area contributed by atoms with Crippen molar-refractivity contribution in [2.45, 2.75) is 6.04 Å². The Labute approximate surface area is 178 Å². The molecule has 1 amide bonds. The van der Waals surface area contributed by atoms with E-state index in [9.17, 15) is 9.59 Å². The van der Waals surface area contributed by atoms with Crippen molar-refractivity contribution in [1.82, 2.24) is 9.38 Å². The maximum absolute atomic E-state index is 12.7.